The molecule has 0 aliphatic heterocycles. The lowest BCUT2D eigenvalue weighted by atomic mass is 9.63. The van der Waals surface area contributed by atoms with Gasteiger partial charge in [0.1, 0.15) is 5.57 Å². The topological polar surface area (TPSA) is 57.5 Å². The lowest BCUT2D eigenvalue weighted by molar-refractivity contribution is -0.138. The molecular formula is C16H19F3O3. The minimum absolute atomic E-state index is 0.260. The fraction of sp³-hybridized carbons (Fsp3) is 0.562. The van der Waals surface area contributed by atoms with E-state index < -0.39 is 40.5 Å². The largest absolute Gasteiger partial charge is 0.419 e. The van der Waals surface area contributed by atoms with Crippen molar-refractivity contribution in [2.24, 2.45) is 5.41 Å². The Morgan fingerprint density at radius 2 is 1.95 bits per heavy atom. The van der Waals surface area contributed by atoms with Crippen molar-refractivity contribution in [1.29, 1.82) is 0 Å². The van der Waals surface area contributed by atoms with Crippen molar-refractivity contribution in [1.82, 2.24) is 0 Å². The molecule has 1 aliphatic carbocycles. The second-order valence-corrected chi connectivity index (χ2v) is 6.01. The summed E-state index contributed by atoms with van der Waals surface area (Å²) in [5.74, 6) is 3.98. The van der Waals surface area contributed by atoms with Gasteiger partial charge in [-0.1, -0.05) is 25.7 Å². The third kappa shape index (κ3) is 3.26. The first-order valence-electron chi connectivity index (χ1n) is 6.71. The van der Waals surface area contributed by atoms with Gasteiger partial charge in [-0.15, -0.1) is 0 Å². The minimum Gasteiger partial charge on any atom is -0.392 e. The number of ketones is 1. The number of aliphatic hydroxyl groups excluding tert-OH is 1. The molecule has 0 aromatic heterocycles. The van der Waals surface area contributed by atoms with Crippen LogP contribution in [0.4, 0.5) is 13.2 Å². The summed E-state index contributed by atoms with van der Waals surface area (Å²) in [6.45, 7) is 5.39. The summed E-state index contributed by atoms with van der Waals surface area (Å²) in [7, 11) is 0. The SMILES string of the molecule is CC1=C(C(F)(F)F)C(=O)CC(C)(C)C1(O)C#C/C(C)=C\CO. The first-order valence-corrected chi connectivity index (χ1v) is 6.71. The molecule has 0 saturated carbocycles. The van der Waals surface area contributed by atoms with Crippen LogP contribution in [0.5, 0.6) is 0 Å². The summed E-state index contributed by atoms with van der Waals surface area (Å²) in [6, 6.07) is 0. The summed E-state index contributed by atoms with van der Waals surface area (Å²) in [6.07, 6.45) is -3.91. The van der Waals surface area contributed by atoms with Gasteiger partial charge in [-0.05, 0) is 31.1 Å². The molecule has 0 saturated heterocycles. The maximum Gasteiger partial charge on any atom is 0.419 e. The van der Waals surface area contributed by atoms with E-state index in [1.165, 1.54) is 19.9 Å². The van der Waals surface area contributed by atoms with Crippen LogP contribution < -0.4 is 0 Å². The molecular weight excluding hydrogens is 297 g/mol. The Morgan fingerprint density at radius 3 is 2.41 bits per heavy atom. The molecule has 0 aromatic carbocycles. The average Bonchev–Trinajstić information content (AvgIpc) is 2.32. The van der Waals surface area contributed by atoms with Gasteiger partial charge in [0.15, 0.2) is 11.4 Å². The van der Waals surface area contributed by atoms with Crippen molar-refractivity contribution in [2.75, 3.05) is 6.61 Å². The number of carbonyl (C=O) groups excluding carboxylic acids is 1. The Hall–Kier alpha value is -1.58. The number of alkyl halides is 3. The molecule has 22 heavy (non-hydrogen) atoms. The Kier molecular flexibility index (Phi) is 4.95. The van der Waals surface area contributed by atoms with Gasteiger partial charge in [-0.3, -0.25) is 4.79 Å². The number of hydrogen-bond donors (Lipinski definition) is 2. The van der Waals surface area contributed by atoms with E-state index in [1.54, 1.807) is 6.92 Å². The molecule has 1 atom stereocenters. The van der Waals surface area contributed by atoms with E-state index in [0.717, 1.165) is 6.92 Å². The third-order valence-electron chi connectivity index (χ3n) is 3.90. The molecule has 6 heteroatoms. The molecule has 0 radical (unpaired) electrons. The number of rotatable bonds is 1. The smallest absolute Gasteiger partial charge is 0.392 e. The Balaban J connectivity index is 3.56. The van der Waals surface area contributed by atoms with Crippen LogP contribution in [0, 0.1) is 17.3 Å². The molecule has 0 spiro atoms. The highest BCUT2D eigenvalue weighted by atomic mass is 19.4. The van der Waals surface area contributed by atoms with E-state index in [4.69, 9.17) is 5.11 Å². The first-order chi connectivity index (χ1) is 9.87. The van der Waals surface area contributed by atoms with Crippen LogP contribution >= 0.6 is 0 Å². The fourth-order valence-corrected chi connectivity index (χ4v) is 2.53. The zero-order chi connectivity index (χ0) is 17.3. The van der Waals surface area contributed by atoms with Crippen LogP contribution in [-0.4, -0.2) is 34.4 Å². The number of allylic oxidation sites excluding steroid dienone is 2. The highest BCUT2D eigenvalue weighted by Gasteiger charge is 2.55. The van der Waals surface area contributed by atoms with Gasteiger partial charge in [-0.25, -0.2) is 0 Å². The molecule has 2 N–H and O–H groups in total. The Morgan fingerprint density at radius 1 is 1.41 bits per heavy atom. The number of Topliss-reactive ketones (excluding diaryl/α,β-unsaturated/α-hetero) is 1. The summed E-state index contributed by atoms with van der Waals surface area (Å²) in [5, 5.41) is 19.5. The normalized spacial score (nSPS) is 25.9. The number of halogens is 3. The molecule has 0 amide bonds. The molecule has 122 valence electrons. The molecule has 1 aliphatic rings. The molecule has 0 fully saturated rings. The maximum atomic E-state index is 13.1. The van der Waals surface area contributed by atoms with Gasteiger partial charge in [0.2, 0.25) is 0 Å². The predicted octanol–water partition coefficient (Wildman–Crippen LogP) is 2.54. The first kappa shape index (κ1) is 18.5. The van der Waals surface area contributed by atoms with Crippen LogP contribution in [0.15, 0.2) is 22.8 Å². The van der Waals surface area contributed by atoms with E-state index in [9.17, 15) is 23.1 Å². The van der Waals surface area contributed by atoms with Crippen molar-refractivity contribution < 1.29 is 28.2 Å². The van der Waals surface area contributed by atoms with Crippen LogP contribution in [0.2, 0.25) is 0 Å². The van der Waals surface area contributed by atoms with Crippen molar-refractivity contribution in [2.45, 2.75) is 45.9 Å². The van der Waals surface area contributed by atoms with E-state index in [1.807, 2.05) is 0 Å². The van der Waals surface area contributed by atoms with Gasteiger partial charge in [0.05, 0.1) is 6.61 Å². The second kappa shape index (κ2) is 5.90. The minimum atomic E-state index is -4.83. The van der Waals surface area contributed by atoms with Gasteiger partial charge in [0.25, 0.3) is 0 Å². The van der Waals surface area contributed by atoms with Gasteiger partial charge in [-0.2, -0.15) is 13.2 Å². The molecule has 1 unspecified atom stereocenters. The van der Waals surface area contributed by atoms with Crippen LogP contribution in [-0.2, 0) is 4.79 Å². The monoisotopic (exact) mass is 316 g/mol. The van der Waals surface area contributed by atoms with E-state index in [-0.39, 0.29) is 6.61 Å². The number of carbonyl (C=O) groups is 1. The van der Waals surface area contributed by atoms with Gasteiger partial charge >= 0.3 is 6.18 Å². The van der Waals surface area contributed by atoms with Crippen LogP contribution in [0.1, 0.15) is 34.1 Å². The lowest BCUT2D eigenvalue weighted by Gasteiger charge is -2.44. The highest BCUT2D eigenvalue weighted by Crippen LogP contribution is 2.48. The number of hydrogen-bond acceptors (Lipinski definition) is 3. The fourth-order valence-electron chi connectivity index (χ4n) is 2.53. The zero-order valence-electron chi connectivity index (χ0n) is 12.9. The zero-order valence-corrected chi connectivity index (χ0v) is 12.9. The summed E-state index contributed by atoms with van der Waals surface area (Å²) >= 11 is 0. The van der Waals surface area contributed by atoms with Crippen LogP contribution in [0.3, 0.4) is 0 Å². The Labute approximate surface area is 127 Å². The van der Waals surface area contributed by atoms with E-state index in [0.29, 0.717) is 5.57 Å². The van der Waals surface area contributed by atoms with Crippen molar-refractivity contribution in [3.05, 3.63) is 22.8 Å². The molecule has 0 aromatic rings. The van der Waals surface area contributed by atoms with Gasteiger partial charge in [0, 0.05) is 11.8 Å². The molecule has 0 bridgehead atoms. The van der Waals surface area contributed by atoms with Crippen LogP contribution in [0.25, 0.3) is 0 Å². The maximum absolute atomic E-state index is 13.1. The molecule has 3 nitrogen and oxygen atoms in total. The summed E-state index contributed by atoms with van der Waals surface area (Å²) < 4.78 is 39.2. The summed E-state index contributed by atoms with van der Waals surface area (Å²) in [4.78, 5) is 11.8. The van der Waals surface area contributed by atoms with Crippen molar-refractivity contribution >= 4 is 5.78 Å². The average molecular weight is 316 g/mol. The molecule has 1 rings (SSSR count). The highest BCUT2D eigenvalue weighted by molar-refractivity contribution is 5.99. The Bertz CT molecular complexity index is 600. The predicted molar refractivity (Wildman–Crippen MR) is 75.7 cm³/mol. The summed E-state index contributed by atoms with van der Waals surface area (Å²) in [5.41, 5.74) is -4.62. The lowest BCUT2D eigenvalue weighted by Crippen LogP contribution is -2.51. The van der Waals surface area contributed by atoms with Crippen molar-refractivity contribution in [3.63, 3.8) is 0 Å². The van der Waals surface area contributed by atoms with Crippen molar-refractivity contribution in [3.8, 4) is 11.8 Å². The van der Waals surface area contributed by atoms with E-state index >= 15 is 0 Å². The standard InChI is InChI=1S/C16H19F3O3/c1-10(6-8-20)5-7-15(22)11(2)13(16(17,18)19)12(21)9-14(15,3)4/h6,20,22H,8-9H2,1-4H3/b10-6-. The molecule has 0 heterocycles. The number of aliphatic hydroxyl groups is 2. The van der Waals surface area contributed by atoms with E-state index in [2.05, 4.69) is 11.8 Å². The third-order valence-corrected chi connectivity index (χ3v) is 3.90. The quantitative estimate of drug-likeness (QED) is 0.731. The van der Waals surface area contributed by atoms with Gasteiger partial charge < -0.3 is 10.2 Å². The second-order valence-electron chi connectivity index (χ2n) is 6.01.